The van der Waals surface area contributed by atoms with Crippen LogP contribution in [0.3, 0.4) is 0 Å². The second-order valence-corrected chi connectivity index (χ2v) is 3.79. The van der Waals surface area contributed by atoms with Crippen molar-refractivity contribution in [2.24, 2.45) is 0 Å². The number of nitrogens with zero attached hydrogens (tertiary/aromatic N) is 1. The van der Waals surface area contributed by atoms with E-state index in [-0.39, 0.29) is 0 Å². The molecule has 0 rings (SSSR count). The highest BCUT2D eigenvalue weighted by Crippen LogP contribution is 1.98. The summed E-state index contributed by atoms with van der Waals surface area (Å²) in [6.45, 7) is 1.41. The lowest BCUT2D eigenvalue weighted by Gasteiger charge is -2.15. The van der Waals surface area contributed by atoms with Crippen molar-refractivity contribution >= 4 is 10.1 Å². The first-order valence-electron chi connectivity index (χ1n) is 2.48. The number of rotatable bonds is 2. The van der Waals surface area contributed by atoms with Crippen LogP contribution in [0, 0.1) is 0 Å². The van der Waals surface area contributed by atoms with E-state index in [4.69, 9.17) is 4.55 Å². The first-order chi connectivity index (χ1) is 3.85. The van der Waals surface area contributed by atoms with Crippen LogP contribution in [0.4, 0.5) is 0 Å². The van der Waals surface area contributed by atoms with Crippen molar-refractivity contribution < 1.29 is 13.0 Å². The maximum atomic E-state index is 10.3. The highest BCUT2D eigenvalue weighted by atomic mass is 32.2. The first kappa shape index (κ1) is 8.87. The smallest absolute Gasteiger partial charge is 0.280 e. The predicted molar refractivity (Wildman–Crippen MR) is 34.7 cm³/mol. The van der Waals surface area contributed by atoms with Crippen molar-refractivity contribution in [3.63, 3.8) is 0 Å². The molecule has 9 heavy (non-hydrogen) atoms. The molecule has 5 heteroatoms. The quantitative estimate of drug-likeness (QED) is 0.557. The molecule has 1 N–H and O–H groups in total. The minimum Gasteiger partial charge on any atom is -0.292 e. The van der Waals surface area contributed by atoms with E-state index >= 15 is 0 Å². The zero-order valence-corrected chi connectivity index (χ0v) is 6.51. The minimum absolute atomic E-state index is 0.822. The Bertz CT molecular complexity index is 172. The number of hydrogen-bond acceptors (Lipinski definition) is 3. The molecule has 0 saturated carbocycles. The first-order valence-corrected chi connectivity index (χ1v) is 3.98. The van der Waals surface area contributed by atoms with E-state index in [0.29, 0.717) is 0 Å². The molecule has 0 aromatic rings. The average Bonchev–Trinajstić information content (AvgIpc) is 1.62. The summed E-state index contributed by atoms with van der Waals surface area (Å²) in [4.78, 5) is 1.41. The molecule has 0 heterocycles. The van der Waals surface area contributed by atoms with Gasteiger partial charge in [0, 0.05) is 0 Å². The van der Waals surface area contributed by atoms with Gasteiger partial charge in [0.2, 0.25) is 0 Å². The summed E-state index contributed by atoms with van der Waals surface area (Å²) in [6.07, 6.45) is 0. The average molecular weight is 153 g/mol. The lowest BCUT2D eigenvalue weighted by atomic mass is 10.7. The molecule has 0 radical (unpaired) electrons. The summed E-state index contributed by atoms with van der Waals surface area (Å²) >= 11 is 0. The fraction of sp³-hybridized carbons (Fsp3) is 1.00. The Kier molecular flexibility index (Phi) is 2.60. The molecule has 0 aliphatic carbocycles. The van der Waals surface area contributed by atoms with Gasteiger partial charge in [0.25, 0.3) is 10.1 Å². The van der Waals surface area contributed by atoms with Crippen LogP contribution in [0.25, 0.3) is 0 Å². The fourth-order valence-electron chi connectivity index (χ4n) is 0.266. The van der Waals surface area contributed by atoms with Crippen LogP contribution in [0.1, 0.15) is 6.92 Å². The van der Waals surface area contributed by atoms with Gasteiger partial charge in [-0.25, -0.2) is 0 Å². The molecule has 0 saturated heterocycles. The SMILES string of the molecule is CC(N(C)C)S(=O)(=O)O. The van der Waals surface area contributed by atoms with Crippen LogP contribution in [0.15, 0.2) is 0 Å². The monoisotopic (exact) mass is 153 g/mol. The Balaban J connectivity index is 4.24. The lowest BCUT2D eigenvalue weighted by Crippen LogP contribution is -2.32. The van der Waals surface area contributed by atoms with Gasteiger partial charge in [-0.1, -0.05) is 0 Å². The third-order valence-corrected chi connectivity index (χ3v) is 2.44. The van der Waals surface area contributed by atoms with Crippen molar-refractivity contribution in [1.29, 1.82) is 0 Å². The highest BCUT2D eigenvalue weighted by molar-refractivity contribution is 7.86. The largest absolute Gasteiger partial charge is 0.292 e. The second kappa shape index (κ2) is 2.64. The standard InChI is InChI=1S/C4H11NO3S/c1-4(5(2)3)9(6,7)8/h4H,1-3H3,(H,6,7,8). The molecule has 4 nitrogen and oxygen atoms in total. The molecule has 0 aromatic heterocycles. The molecule has 1 unspecified atom stereocenters. The van der Waals surface area contributed by atoms with Crippen LogP contribution < -0.4 is 0 Å². The van der Waals surface area contributed by atoms with Crippen LogP contribution in [-0.4, -0.2) is 37.3 Å². The summed E-state index contributed by atoms with van der Waals surface area (Å²) in [5.41, 5.74) is 0. The minimum atomic E-state index is -3.88. The third-order valence-electron chi connectivity index (χ3n) is 1.16. The van der Waals surface area contributed by atoms with Crippen LogP contribution in [0.5, 0.6) is 0 Å². The van der Waals surface area contributed by atoms with Crippen molar-refractivity contribution in [2.45, 2.75) is 12.3 Å². The zero-order valence-electron chi connectivity index (χ0n) is 5.70. The summed E-state index contributed by atoms with van der Waals surface area (Å²) in [7, 11) is -0.713. The summed E-state index contributed by atoms with van der Waals surface area (Å²) in [5, 5.41) is -0.822. The Labute approximate surface area is 55.2 Å². The summed E-state index contributed by atoms with van der Waals surface area (Å²) in [6, 6.07) is 0. The molecular weight excluding hydrogens is 142 g/mol. The molecule has 0 aliphatic heterocycles. The Hall–Kier alpha value is -0.130. The van der Waals surface area contributed by atoms with E-state index in [0.717, 1.165) is 0 Å². The van der Waals surface area contributed by atoms with E-state index in [2.05, 4.69) is 0 Å². The predicted octanol–water partition coefficient (Wildman–Crippen LogP) is -0.218. The van der Waals surface area contributed by atoms with Crippen LogP contribution in [-0.2, 0) is 10.1 Å². The van der Waals surface area contributed by atoms with Gasteiger partial charge in [-0.05, 0) is 21.0 Å². The molecule has 0 bridgehead atoms. The van der Waals surface area contributed by atoms with Gasteiger partial charge in [0.15, 0.2) is 0 Å². The van der Waals surface area contributed by atoms with E-state index in [1.54, 1.807) is 14.1 Å². The topological polar surface area (TPSA) is 57.6 Å². The number of hydrogen-bond donors (Lipinski definition) is 1. The maximum Gasteiger partial charge on any atom is 0.280 e. The van der Waals surface area contributed by atoms with Gasteiger partial charge in [0.05, 0.1) is 0 Å². The zero-order chi connectivity index (χ0) is 7.65. The molecular formula is C4H11NO3S. The molecule has 0 spiro atoms. The molecule has 0 aromatic carbocycles. The second-order valence-electron chi connectivity index (χ2n) is 2.08. The lowest BCUT2D eigenvalue weighted by molar-refractivity contribution is 0.352. The van der Waals surface area contributed by atoms with Crippen molar-refractivity contribution in [1.82, 2.24) is 4.90 Å². The molecule has 0 aliphatic rings. The third kappa shape index (κ3) is 2.78. The molecule has 56 valence electrons. The highest BCUT2D eigenvalue weighted by Gasteiger charge is 2.18. The van der Waals surface area contributed by atoms with Crippen molar-refractivity contribution in [3.8, 4) is 0 Å². The van der Waals surface area contributed by atoms with Gasteiger partial charge < -0.3 is 0 Å². The molecule has 0 fully saturated rings. The summed E-state index contributed by atoms with van der Waals surface area (Å²) < 4.78 is 29.0. The van der Waals surface area contributed by atoms with Gasteiger partial charge in [-0.15, -0.1) is 0 Å². The van der Waals surface area contributed by atoms with Gasteiger partial charge in [-0.3, -0.25) is 9.45 Å². The molecule has 0 amide bonds. The van der Waals surface area contributed by atoms with E-state index < -0.39 is 15.5 Å². The van der Waals surface area contributed by atoms with Gasteiger partial charge in [0.1, 0.15) is 5.37 Å². The Morgan fingerprint density at radius 3 is 1.78 bits per heavy atom. The van der Waals surface area contributed by atoms with Gasteiger partial charge >= 0.3 is 0 Å². The Morgan fingerprint density at radius 1 is 1.44 bits per heavy atom. The van der Waals surface area contributed by atoms with E-state index in [9.17, 15) is 8.42 Å². The van der Waals surface area contributed by atoms with Crippen molar-refractivity contribution in [3.05, 3.63) is 0 Å². The summed E-state index contributed by atoms with van der Waals surface area (Å²) in [5.74, 6) is 0. The van der Waals surface area contributed by atoms with Gasteiger partial charge in [-0.2, -0.15) is 8.42 Å². The Morgan fingerprint density at radius 2 is 1.78 bits per heavy atom. The fourth-order valence-corrected chi connectivity index (χ4v) is 0.799. The van der Waals surface area contributed by atoms with Crippen LogP contribution in [0.2, 0.25) is 0 Å². The maximum absolute atomic E-state index is 10.3. The van der Waals surface area contributed by atoms with Crippen molar-refractivity contribution in [2.75, 3.05) is 14.1 Å². The van der Waals surface area contributed by atoms with E-state index in [1.165, 1.54) is 11.8 Å². The van der Waals surface area contributed by atoms with E-state index in [1.807, 2.05) is 0 Å². The van der Waals surface area contributed by atoms with Crippen LogP contribution >= 0.6 is 0 Å². The molecule has 1 atom stereocenters. The normalized spacial score (nSPS) is 16.1.